The predicted molar refractivity (Wildman–Crippen MR) is 152 cm³/mol. The first-order valence-electron chi connectivity index (χ1n) is 14.0. The lowest BCUT2D eigenvalue weighted by atomic mass is 9.98. The van der Waals surface area contributed by atoms with Crippen LogP contribution in [0.3, 0.4) is 0 Å². The van der Waals surface area contributed by atoms with Gasteiger partial charge in [-0.3, -0.25) is 20.2 Å². The average Bonchev–Trinajstić information content (AvgIpc) is 3.61. The quantitative estimate of drug-likeness (QED) is 0.0941. The van der Waals surface area contributed by atoms with E-state index in [-0.39, 0.29) is 6.04 Å². The van der Waals surface area contributed by atoms with E-state index in [2.05, 4.69) is 45.7 Å². The molecule has 2 aliphatic rings. The first-order chi connectivity index (χ1) is 19.9. The van der Waals surface area contributed by atoms with E-state index in [1.54, 1.807) is 11.6 Å². The molecule has 11 heteroatoms. The van der Waals surface area contributed by atoms with Crippen LogP contribution in [0.4, 0.5) is 0 Å². The van der Waals surface area contributed by atoms with Crippen molar-refractivity contribution >= 4 is 22.9 Å². The molecule has 1 fully saturated rings. The molecule has 41 heavy (non-hydrogen) atoms. The van der Waals surface area contributed by atoms with Gasteiger partial charge in [0.2, 0.25) is 0 Å². The molecule has 220 valence electrons. The van der Waals surface area contributed by atoms with Gasteiger partial charge in [-0.05, 0) is 53.7 Å². The Morgan fingerprint density at radius 1 is 1.10 bits per heavy atom. The first kappa shape index (κ1) is 29.4. The third-order valence-electron chi connectivity index (χ3n) is 8.17. The van der Waals surface area contributed by atoms with Crippen molar-refractivity contribution in [3.05, 3.63) is 77.0 Å². The number of carbonyl (C=O) groups excluding carboxylic acids is 1. The van der Waals surface area contributed by atoms with Crippen molar-refractivity contribution in [2.45, 2.75) is 55.9 Å². The summed E-state index contributed by atoms with van der Waals surface area (Å²) in [6.45, 7) is 1.38. The van der Waals surface area contributed by atoms with Crippen LogP contribution >= 0.6 is 0 Å². The van der Waals surface area contributed by atoms with Gasteiger partial charge in [-0.1, -0.05) is 36.4 Å². The molecule has 0 bridgehead atoms. The monoisotopic (exact) mass is 566 g/mol. The number of ether oxygens (including phenoxy) is 1. The molecule has 6 atom stereocenters. The second-order valence-electron chi connectivity index (χ2n) is 10.7. The number of hydrogen-bond donors (Lipinski definition) is 8. The number of hydroxylamine groups is 1. The van der Waals surface area contributed by atoms with Crippen molar-refractivity contribution in [3.63, 3.8) is 0 Å². The highest BCUT2D eigenvalue weighted by Crippen LogP contribution is 2.36. The summed E-state index contributed by atoms with van der Waals surface area (Å²) in [7, 11) is 0. The molecular formula is C30H38N4O7. The number of fused-ring (bicyclic) bond motifs is 2. The van der Waals surface area contributed by atoms with Crippen molar-refractivity contribution in [3.8, 4) is 0 Å². The summed E-state index contributed by atoms with van der Waals surface area (Å²) < 4.78 is 5.63. The van der Waals surface area contributed by atoms with Crippen molar-refractivity contribution in [1.29, 1.82) is 0 Å². The minimum absolute atomic E-state index is 0.158. The molecule has 0 radical (unpaired) electrons. The van der Waals surface area contributed by atoms with Crippen molar-refractivity contribution in [2.75, 3.05) is 26.2 Å². The van der Waals surface area contributed by atoms with E-state index in [4.69, 9.17) is 9.94 Å². The van der Waals surface area contributed by atoms with E-state index in [1.807, 2.05) is 18.2 Å². The summed E-state index contributed by atoms with van der Waals surface area (Å²) in [6.07, 6.45) is 1.60. The number of para-hydroxylation sites is 1. The molecular weight excluding hydrogens is 528 g/mol. The number of aromatic nitrogens is 1. The summed E-state index contributed by atoms with van der Waals surface area (Å²) in [5.74, 6) is -0.585. The van der Waals surface area contributed by atoms with Crippen molar-refractivity contribution in [2.24, 2.45) is 0 Å². The molecule has 1 aliphatic carbocycles. The summed E-state index contributed by atoms with van der Waals surface area (Å²) in [5.41, 5.74) is 7.23. The zero-order valence-electron chi connectivity index (χ0n) is 22.7. The fourth-order valence-corrected chi connectivity index (χ4v) is 5.95. The number of aliphatic hydroxyl groups excluding tert-OH is 4. The molecule has 1 saturated heterocycles. The Bertz CT molecular complexity index is 1360. The second-order valence-corrected chi connectivity index (χ2v) is 10.7. The van der Waals surface area contributed by atoms with Crippen LogP contribution in [0, 0.1) is 0 Å². The van der Waals surface area contributed by atoms with E-state index in [0.29, 0.717) is 13.1 Å². The molecule has 2 aromatic carbocycles. The van der Waals surface area contributed by atoms with Crippen molar-refractivity contribution < 1.29 is 35.2 Å². The summed E-state index contributed by atoms with van der Waals surface area (Å²) >= 11 is 0. The molecule has 1 amide bonds. The van der Waals surface area contributed by atoms with E-state index < -0.39 is 43.2 Å². The molecule has 5 rings (SSSR count). The Morgan fingerprint density at radius 2 is 1.93 bits per heavy atom. The van der Waals surface area contributed by atoms with Crippen LogP contribution in [0.5, 0.6) is 0 Å². The largest absolute Gasteiger partial charge is 0.394 e. The molecule has 3 aromatic rings. The zero-order chi connectivity index (χ0) is 28.9. The highest BCUT2D eigenvalue weighted by molar-refractivity contribution is 5.90. The first-order valence-corrected chi connectivity index (χ1v) is 14.0. The molecule has 0 saturated carbocycles. The van der Waals surface area contributed by atoms with E-state index in [9.17, 15) is 25.2 Å². The molecule has 1 aliphatic heterocycles. The maximum Gasteiger partial charge on any atom is 0.267 e. The molecule has 8 N–H and O–H groups in total. The van der Waals surface area contributed by atoms with E-state index in [0.717, 1.165) is 36.9 Å². The summed E-state index contributed by atoms with van der Waals surface area (Å²) in [5, 5.41) is 53.3. The number of hydrogen-bond acceptors (Lipinski definition) is 9. The number of aryl methyl sites for hydroxylation is 1. The Kier molecular flexibility index (Phi) is 9.48. The van der Waals surface area contributed by atoms with Gasteiger partial charge < -0.3 is 30.1 Å². The lowest BCUT2D eigenvalue weighted by Gasteiger charge is -2.40. The molecule has 1 aromatic heterocycles. The molecule has 11 nitrogen and oxygen atoms in total. The topological polar surface area (TPSA) is 171 Å². The predicted octanol–water partition coefficient (Wildman–Crippen LogP) is 0.608. The summed E-state index contributed by atoms with van der Waals surface area (Å²) in [6, 6.07) is 14.5. The highest BCUT2D eigenvalue weighted by Gasteiger charge is 2.43. The van der Waals surface area contributed by atoms with Crippen LogP contribution in [-0.4, -0.2) is 98.3 Å². The normalized spacial score (nSPS) is 26.2. The molecule has 1 unspecified atom stereocenters. The zero-order valence-corrected chi connectivity index (χ0v) is 22.7. The lowest BCUT2D eigenvalue weighted by Crippen LogP contribution is -2.62. The van der Waals surface area contributed by atoms with Crippen LogP contribution in [-0.2, 0) is 22.4 Å². The van der Waals surface area contributed by atoms with Crippen LogP contribution < -0.4 is 10.8 Å². The number of carbonyl (C=O) groups is 1. The number of H-pyrrole nitrogens is 1. The van der Waals surface area contributed by atoms with Gasteiger partial charge in [-0.25, -0.2) is 5.48 Å². The smallest absolute Gasteiger partial charge is 0.267 e. The van der Waals surface area contributed by atoms with Gasteiger partial charge in [0, 0.05) is 48.9 Å². The van der Waals surface area contributed by atoms with E-state index >= 15 is 0 Å². The maximum absolute atomic E-state index is 11.4. The lowest BCUT2D eigenvalue weighted by molar-refractivity contribution is -0.236. The number of nitrogens with one attached hydrogen (secondary N) is 3. The Labute approximate surface area is 238 Å². The minimum Gasteiger partial charge on any atom is -0.394 e. The maximum atomic E-state index is 11.4. The molecule has 2 heterocycles. The number of amides is 1. The van der Waals surface area contributed by atoms with Gasteiger partial charge in [0.15, 0.2) is 0 Å². The highest BCUT2D eigenvalue weighted by atomic mass is 16.6. The standard InChI is InChI=1S/C30H38N4O7/c35-17-25-27(37)28(38)29(39)30(41-25)31-12-14-34(13-11-20-16-32-23-4-2-1-3-21(20)23)24-9-7-19-15-18(5-8-22(19)24)6-10-26(36)33-40/h1-6,8,10,15-16,24-25,27-32,35,37-40H,7,9,11-14,17H2,(H,33,36)/b10-6+/t24?,25-,27-,28+,29-,30-/m1/s1. The van der Waals surface area contributed by atoms with Gasteiger partial charge in [0.05, 0.1) is 6.61 Å². The summed E-state index contributed by atoms with van der Waals surface area (Å²) in [4.78, 5) is 17.1. The van der Waals surface area contributed by atoms with E-state index in [1.165, 1.54) is 28.2 Å². The Balaban J connectivity index is 1.31. The number of benzene rings is 2. The fourth-order valence-electron chi connectivity index (χ4n) is 5.95. The van der Waals surface area contributed by atoms with Gasteiger partial charge in [0.25, 0.3) is 5.91 Å². The molecule has 0 spiro atoms. The van der Waals surface area contributed by atoms with Gasteiger partial charge in [-0.2, -0.15) is 0 Å². The van der Waals surface area contributed by atoms with Crippen LogP contribution in [0.2, 0.25) is 0 Å². The Morgan fingerprint density at radius 3 is 2.73 bits per heavy atom. The number of aliphatic hydroxyl groups is 4. The van der Waals surface area contributed by atoms with Gasteiger partial charge >= 0.3 is 0 Å². The van der Waals surface area contributed by atoms with Gasteiger partial charge in [0.1, 0.15) is 30.6 Å². The minimum atomic E-state index is -1.43. The SMILES string of the molecule is O=C(/C=C/c1ccc2c(c1)CCC2N(CCN[C@@H]1O[C@H](CO)[C@@H](O)[C@H](O)[C@H]1O)CCc1c[nH]c2ccccc12)NO. The number of rotatable bonds is 11. The Hall–Kier alpha value is -3.13. The number of aromatic amines is 1. The second kappa shape index (κ2) is 13.2. The fraction of sp³-hybridized carbons (Fsp3) is 0.433. The average molecular weight is 567 g/mol. The third kappa shape index (κ3) is 6.53. The van der Waals surface area contributed by atoms with Crippen LogP contribution in [0.25, 0.3) is 17.0 Å². The van der Waals surface area contributed by atoms with Crippen LogP contribution in [0.1, 0.15) is 34.7 Å². The number of nitrogens with zero attached hydrogens (tertiary/aromatic N) is 1. The van der Waals surface area contributed by atoms with Gasteiger partial charge in [-0.15, -0.1) is 0 Å². The van der Waals surface area contributed by atoms with Crippen LogP contribution in [0.15, 0.2) is 54.7 Å². The third-order valence-corrected chi connectivity index (χ3v) is 8.17. The van der Waals surface area contributed by atoms with Crippen molar-refractivity contribution in [1.82, 2.24) is 20.7 Å².